The van der Waals surface area contributed by atoms with Gasteiger partial charge in [-0.3, -0.25) is 0 Å². The molecule has 0 spiro atoms. The smallest absolute Gasteiger partial charge is 0.358 e. The average Bonchev–Trinajstić information content (AvgIpc) is 3.29. The van der Waals surface area contributed by atoms with Crippen LogP contribution in [0.1, 0.15) is 81.6 Å². The van der Waals surface area contributed by atoms with Crippen molar-refractivity contribution in [2.24, 2.45) is 0 Å². The molecule has 2 aromatic carbocycles. The summed E-state index contributed by atoms with van der Waals surface area (Å²) in [6, 6.07) is 16.2. The molecule has 40 heavy (non-hydrogen) atoms. The van der Waals surface area contributed by atoms with E-state index in [1.807, 2.05) is 24.3 Å². The number of pyridine rings is 1. The van der Waals surface area contributed by atoms with Gasteiger partial charge in [0.2, 0.25) is 0 Å². The fraction of sp³-hybridized carbons (Fsp3) is 0.455. The van der Waals surface area contributed by atoms with Gasteiger partial charge >= 0.3 is 5.97 Å². The van der Waals surface area contributed by atoms with Crippen molar-refractivity contribution < 1.29 is 19.0 Å². The van der Waals surface area contributed by atoms with Crippen LogP contribution >= 0.6 is 0 Å². The van der Waals surface area contributed by atoms with E-state index < -0.39 is 11.6 Å². The van der Waals surface area contributed by atoms with Crippen molar-refractivity contribution >= 4 is 17.3 Å². The predicted molar refractivity (Wildman–Crippen MR) is 161 cm³/mol. The van der Waals surface area contributed by atoms with Crippen molar-refractivity contribution in [3.8, 4) is 11.5 Å². The lowest BCUT2D eigenvalue weighted by atomic mass is 9.79. The first-order valence-corrected chi connectivity index (χ1v) is 14.7. The van der Waals surface area contributed by atoms with Gasteiger partial charge in [0.25, 0.3) is 0 Å². The van der Waals surface area contributed by atoms with E-state index in [-0.39, 0.29) is 0 Å². The summed E-state index contributed by atoms with van der Waals surface area (Å²) < 4.78 is 19.3. The first-order chi connectivity index (χ1) is 19.5. The molecule has 7 nitrogen and oxygen atoms in total. The second-order valence-corrected chi connectivity index (χ2v) is 9.87. The molecule has 0 saturated heterocycles. The van der Waals surface area contributed by atoms with E-state index in [1.165, 1.54) is 0 Å². The second kappa shape index (κ2) is 13.1. The topological polar surface area (TPSA) is 64.1 Å². The number of ether oxygens (including phenoxy) is 3. The van der Waals surface area contributed by atoms with Crippen molar-refractivity contribution in [1.82, 2.24) is 4.98 Å². The number of esters is 1. The van der Waals surface area contributed by atoms with Gasteiger partial charge in [-0.15, -0.1) is 0 Å². The Morgan fingerprint density at radius 1 is 0.725 bits per heavy atom. The van der Waals surface area contributed by atoms with E-state index in [0.29, 0.717) is 36.0 Å². The number of cyclic esters (lactones) is 1. The van der Waals surface area contributed by atoms with E-state index >= 15 is 0 Å². The Morgan fingerprint density at radius 3 is 1.68 bits per heavy atom. The molecular formula is C33H43N3O4. The molecule has 0 unspecified atom stereocenters. The predicted octanol–water partition coefficient (Wildman–Crippen LogP) is 6.81. The summed E-state index contributed by atoms with van der Waals surface area (Å²) in [6.45, 7) is 17.3. The Labute approximate surface area is 239 Å². The highest BCUT2D eigenvalue weighted by Crippen LogP contribution is 2.53. The molecule has 7 heteroatoms. The Bertz CT molecular complexity index is 1230. The van der Waals surface area contributed by atoms with Crippen molar-refractivity contribution in [1.29, 1.82) is 0 Å². The van der Waals surface area contributed by atoms with Gasteiger partial charge in [0.05, 0.1) is 13.2 Å². The Morgan fingerprint density at radius 2 is 1.23 bits per heavy atom. The fourth-order valence-corrected chi connectivity index (χ4v) is 5.48. The molecule has 214 valence electrons. The highest BCUT2D eigenvalue weighted by Gasteiger charge is 2.52. The third-order valence-electron chi connectivity index (χ3n) is 7.50. The molecule has 0 fully saturated rings. The number of carbonyl (C=O) groups excluding carboxylic acids is 1. The molecule has 1 aliphatic heterocycles. The average molecular weight is 546 g/mol. The van der Waals surface area contributed by atoms with E-state index in [4.69, 9.17) is 14.2 Å². The highest BCUT2D eigenvalue weighted by molar-refractivity contribution is 5.95. The standard InChI is InChI=1S/C33H43N3O4/c1-7-20-38-29-22-24(35(9-3)10-4)15-17-26(29)33(28-14-13-19-34-31(28)32(37)40-33)27-18-16-25(36(11-5)12-6)23-30(27)39-21-8-2/h13-19,22-23H,7-12,20-21H2,1-6H3. The number of hydrogen-bond acceptors (Lipinski definition) is 7. The number of rotatable bonds is 14. The minimum atomic E-state index is -1.28. The molecule has 0 aliphatic carbocycles. The van der Waals surface area contributed by atoms with Crippen LogP contribution in [0.4, 0.5) is 11.4 Å². The van der Waals surface area contributed by atoms with Crippen molar-refractivity contribution in [2.45, 2.75) is 60.0 Å². The fourth-order valence-electron chi connectivity index (χ4n) is 5.48. The maximum atomic E-state index is 13.4. The van der Waals surface area contributed by atoms with Gasteiger partial charge in [-0.2, -0.15) is 0 Å². The van der Waals surface area contributed by atoms with Crippen LogP contribution in [0.5, 0.6) is 11.5 Å². The van der Waals surface area contributed by atoms with Gasteiger partial charge in [0.1, 0.15) is 11.5 Å². The minimum absolute atomic E-state index is 0.311. The monoisotopic (exact) mass is 545 g/mol. The van der Waals surface area contributed by atoms with Crippen LogP contribution in [-0.2, 0) is 10.3 Å². The van der Waals surface area contributed by atoms with Crippen LogP contribution in [0.3, 0.4) is 0 Å². The summed E-state index contributed by atoms with van der Waals surface area (Å²) in [5.74, 6) is 0.911. The number of hydrogen-bond donors (Lipinski definition) is 0. The maximum Gasteiger partial charge on any atom is 0.358 e. The zero-order valence-corrected chi connectivity index (χ0v) is 24.8. The van der Waals surface area contributed by atoms with E-state index in [2.05, 4.69) is 80.6 Å². The molecule has 1 aromatic heterocycles. The molecule has 3 aromatic rings. The quantitative estimate of drug-likeness (QED) is 0.206. The summed E-state index contributed by atoms with van der Waals surface area (Å²) >= 11 is 0. The second-order valence-electron chi connectivity index (χ2n) is 9.87. The van der Waals surface area contributed by atoms with Gasteiger partial charge in [0, 0.05) is 72.6 Å². The first kappa shape index (κ1) is 29.2. The summed E-state index contributed by atoms with van der Waals surface area (Å²) in [4.78, 5) is 22.4. The third-order valence-corrected chi connectivity index (χ3v) is 7.50. The maximum absolute atomic E-state index is 13.4. The lowest BCUT2D eigenvalue weighted by molar-refractivity contribution is 0.0233. The minimum Gasteiger partial charge on any atom is -0.493 e. The lowest BCUT2D eigenvalue weighted by Crippen LogP contribution is -2.32. The van der Waals surface area contributed by atoms with Crippen LogP contribution < -0.4 is 19.3 Å². The van der Waals surface area contributed by atoms with E-state index in [0.717, 1.165) is 61.5 Å². The molecule has 0 saturated carbocycles. The van der Waals surface area contributed by atoms with Crippen LogP contribution in [0.2, 0.25) is 0 Å². The molecule has 0 atom stereocenters. The first-order valence-electron chi connectivity index (χ1n) is 14.7. The largest absolute Gasteiger partial charge is 0.493 e. The van der Waals surface area contributed by atoms with Crippen LogP contribution in [0, 0.1) is 0 Å². The van der Waals surface area contributed by atoms with Crippen molar-refractivity contribution in [3.63, 3.8) is 0 Å². The Balaban J connectivity index is 2.04. The lowest BCUT2D eigenvalue weighted by Gasteiger charge is -2.34. The van der Waals surface area contributed by atoms with Gasteiger partial charge in [0.15, 0.2) is 11.3 Å². The molecule has 0 bridgehead atoms. The third kappa shape index (κ3) is 5.34. The van der Waals surface area contributed by atoms with Gasteiger partial charge in [-0.25, -0.2) is 9.78 Å². The molecule has 2 heterocycles. The molecule has 1 aliphatic rings. The molecular weight excluding hydrogens is 502 g/mol. The number of fused-ring (bicyclic) bond motifs is 1. The van der Waals surface area contributed by atoms with E-state index in [1.54, 1.807) is 6.20 Å². The number of anilines is 2. The van der Waals surface area contributed by atoms with Gasteiger partial charge in [-0.1, -0.05) is 19.9 Å². The van der Waals surface area contributed by atoms with Crippen molar-refractivity contribution in [2.75, 3.05) is 49.2 Å². The SMILES string of the molecule is CCCOc1cc(N(CC)CC)ccc1C1(c2ccc(N(CC)CC)cc2OCCC)OC(=O)c2ncccc21. The van der Waals surface area contributed by atoms with Crippen LogP contribution in [-0.4, -0.2) is 50.3 Å². The molecule has 0 N–H and O–H groups in total. The normalized spacial score (nSPS) is 13.5. The number of benzene rings is 2. The summed E-state index contributed by atoms with van der Waals surface area (Å²) in [5, 5.41) is 0. The van der Waals surface area contributed by atoms with Crippen molar-refractivity contribution in [3.05, 3.63) is 77.1 Å². The Hall–Kier alpha value is -3.74. The number of nitrogens with zero attached hydrogens (tertiary/aromatic N) is 3. The molecule has 0 radical (unpaired) electrons. The van der Waals surface area contributed by atoms with Crippen LogP contribution in [0.15, 0.2) is 54.7 Å². The number of carbonyl (C=O) groups is 1. The zero-order valence-electron chi connectivity index (χ0n) is 24.8. The summed E-state index contributed by atoms with van der Waals surface area (Å²) in [6.07, 6.45) is 3.33. The summed E-state index contributed by atoms with van der Waals surface area (Å²) in [7, 11) is 0. The molecule has 0 amide bonds. The zero-order chi connectivity index (χ0) is 28.7. The van der Waals surface area contributed by atoms with Crippen LogP contribution in [0.25, 0.3) is 0 Å². The summed E-state index contributed by atoms with van der Waals surface area (Å²) in [5.41, 5.74) is 3.36. The van der Waals surface area contributed by atoms with Gasteiger partial charge in [-0.05, 0) is 70.9 Å². The van der Waals surface area contributed by atoms with Gasteiger partial charge < -0.3 is 24.0 Å². The Kier molecular flexibility index (Phi) is 9.56. The highest BCUT2D eigenvalue weighted by atomic mass is 16.6. The number of aromatic nitrogens is 1. The molecule has 4 rings (SSSR count). The van der Waals surface area contributed by atoms with E-state index in [9.17, 15) is 4.79 Å².